The molecule has 0 aliphatic carbocycles. The van der Waals surface area contributed by atoms with Gasteiger partial charge in [-0.3, -0.25) is 4.98 Å². The summed E-state index contributed by atoms with van der Waals surface area (Å²) >= 11 is 0. The Balaban J connectivity index is 2.01. The smallest absolute Gasteiger partial charge is 0.408 e. The molecular formula is C12H14N2O5S. The highest BCUT2D eigenvalue weighted by Crippen LogP contribution is 2.23. The lowest BCUT2D eigenvalue weighted by atomic mass is 10.1. The van der Waals surface area contributed by atoms with Crippen LogP contribution in [0.25, 0.3) is 11.1 Å². The second-order valence-corrected chi connectivity index (χ2v) is 6.77. The highest BCUT2D eigenvalue weighted by Gasteiger charge is 2.29. The van der Waals surface area contributed by atoms with Gasteiger partial charge in [-0.1, -0.05) is 0 Å². The van der Waals surface area contributed by atoms with Gasteiger partial charge in [0.25, 0.3) is 0 Å². The van der Waals surface area contributed by atoms with Crippen molar-refractivity contribution in [2.24, 2.45) is 0 Å². The Labute approximate surface area is 114 Å². The van der Waals surface area contributed by atoms with Crippen molar-refractivity contribution in [3.8, 4) is 0 Å². The third-order valence-corrected chi connectivity index (χ3v) is 5.25. The molecule has 1 atom stereocenters. The molecule has 1 saturated heterocycles. The molecule has 1 aromatic heterocycles. The molecule has 8 heteroatoms. The topological polar surface area (TPSA) is 104 Å². The number of H-pyrrole nitrogens is 1. The standard InChI is InChI=1S/C12H14N2O5S/c15-8-2-1-5-14(7-8)20(17,18)9-3-4-10-11(6-9)19-12(16)13-10/h3-4,6,8,15H,1-2,5,7H2,(H,13,16). The van der Waals surface area contributed by atoms with Crippen LogP contribution in [0.3, 0.4) is 0 Å². The van der Waals surface area contributed by atoms with E-state index in [-0.39, 0.29) is 17.0 Å². The first-order chi connectivity index (χ1) is 9.46. The van der Waals surface area contributed by atoms with E-state index in [0.29, 0.717) is 24.9 Å². The summed E-state index contributed by atoms with van der Waals surface area (Å²) in [5, 5.41) is 9.59. The monoisotopic (exact) mass is 298 g/mol. The molecule has 0 bridgehead atoms. The molecule has 2 aromatic rings. The molecule has 1 aromatic carbocycles. The molecule has 7 nitrogen and oxygen atoms in total. The van der Waals surface area contributed by atoms with Crippen molar-refractivity contribution in [1.29, 1.82) is 0 Å². The fourth-order valence-corrected chi connectivity index (χ4v) is 3.91. The number of rotatable bonds is 2. The minimum Gasteiger partial charge on any atom is -0.408 e. The van der Waals surface area contributed by atoms with Gasteiger partial charge in [0.05, 0.1) is 16.5 Å². The third kappa shape index (κ3) is 2.26. The second kappa shape index (κ2) is 4.72. The number of fused-ring (bicyclic) bond motifs is 1. The van der Waals surface area contributed by atoms with Gasteiger partial charge in [0.1, 0.15) is 0 Å². The van der Waals surface area contributed by atoms with Gasteiger partial charge < -0.3 is 9.52 Å². The minimum atomic E-state index is -3.68. The average molecular weight is 298 g/mol. The number of nitrogens with one attached hydrogen (secondary N) is 1. The number of aliphatic hydroxyl groups is 1. The summed E-state index contributed by atoms with van der Waals surface area (Å²) in [6.45, 7) is 0.478. The van der Waals surface area contributed by atoms with Crippen LogP contribution in [0.2, 0.25) is 0 Å². The van der Waals surface area contributed by atoms with E-state index in [9.17, 15) is 18.3 Å². The summed E-state index contributed by atoms with van der Waals surface area (Å²) in [5.41, 5.74) is 0.654. The SMILES string of the molecule is O=c1[nH]c2ccc(S(=O)(=O)N3CCCC(O)C3)cc2o1. The zero-order valence-corrected chi connectivity index (χ0v) is 11.4. The van der Waals surface area contributed by atoms with Gasteiger partial charge in [-0.25, -0.2) is 13.2 Å². The molecule has 2 N–H and O–H groups in total. The van der Waals surface area contributed by atoms with E-state index in [0.717, 1.165) is 0 Å². The average Bonchev–Trinajstić information content (AvgIpc) is 2.77. The number of aromatic nitrogens is 1. The zero-order valence-electron chi connectivity index (χ0n) is 10.6. The number of oxazole rings is 1. The summed E-state index contributed by atoms with van der Waals surface area (Å²) in [7, 11) is -3.68. The number of benzene rings is 1. The normalized spacial score (nSPS) is 21.4. The largest absolute Gasteiger partial charge is 0.417 e. The first-order valence-corrected chi connectivity index (χ1v) is 7.72. The van der Waals surface area contributed by atoms with Crippen molar-refractivity contribution >= 4 is 21.1 Å². The summed E-state index contributed by atoms with van der Waals surface area (Å²) in [6, 6.07) is 4.24. The summed E-state index contributed by atoms with van der Waals surface area (Å²) in [4.78, 5) is 13.6. The van der Waals surface area contributed by atoms with Crippen molar-refractivity contribution in [1.82, 2.24) is 9.29 Å². The fourth-order valence-electron chi connectivity index (χ4n) is 2.37. The molecule has 1 aliphatic rings. The lowest BCUT2D eigenvalue weighted by molar-refractivity contribution is 0.108. The van der Waals surface area contributed by atoms with Crippen LogP contribution in [0.15, 0.2) is 32.3 Å². The van der Waals surface area contributed by atoms with Gasteiger partial charge in [-0.05, 0) is 25.0 Å². The Kier molecular flexibility index (Phi) is 3.15. The van der Waals surface area contributed by atoms with Crippen LogP contribution < -0.4 is 5.76 Å². The maximum absolute atomic E-state index is 12.5. The van der Waals surface area contributed by atoms with Gasteiger partial charge in [-0.15, -0.1) is 0 Å². The Bertz CT molecular complexity index is 792. The second-order valence-electron chi connectivity index (χ2n) is 4.83. The number of aliphatic hydroxyl groups excluding tert-OH is 1. The van der Waals surface area contributed by atoms with Gasteiger partial charge in [0.2, 0.25) is 10.0 Å². The molecule has 0 radical (unpaired) electrons. The quantitative estimate of drug-likeness (QED) is 0.828. The van der Waals surface area contributed by atoms with Gasteiger partial charge in [0, 0.05) is 19.2 Å². The van der Waals surface area contributed by atoms with E-state index >= 15 is 0 Å². The first kappa shape index (κ1) is 13.3. The Hall–Kier alpha value is -1.64. The van der Waals surface area contributed by atoms with Gasteiger partial charge >= 0.3 is 5.76 Å². The maximum atomic E-state index is 12.5. The van der Waals surface area contributed by atoms with Crippen molar-refractivity contribution in [2.45, 2.75) is 23.8 Å². The number of aromatic amines is 1. The number of nitrogens with zero attached hydrogens (tertiary/aromatic N) is 1. The molecule has 0 saturated carbocycles. The van der Waals surface area contributed by atoms with E-state index in [2.05, 4.69) is 4.98 Å². The van der Waals surface area contributed by atoms with Crippen LogP contribution in [-0.2, 0) is 10.0 Å². The molecule has 3 rings (SSSR count). The molecule has 2 heterocycles. The lowest BCUT2D eigenvalue weighted by Gasteiger charge is -2.29. The molecule has 0 amide bonds. The maximum Gasteiger partial charge on any atom is 0.417 e. The predicted octanol–water partition coefficient (Wildman–Crippen LogP) is 0.266. The molecule has 108 valence electrons. The van der Waals surface area contributed by atoms with E-state index in [1.54, 1.807) is 0 Å². The molecular weight excluding hydrogens is 284 g/mol. The molecule has 0 spiro atoms. The van der Waals surface area contributed by atoms with E-state index < -0.39 is 21.9 Å². The summed E-state index contributed by atoms with van der Waals surface area (Å²) < 4.78 is 31.1. The number of piperidine rings is 1. The Morgan fingerprint density at radius 2 is 2.20 bits per heavy atom. The number of hydrogen-bond donors (Lipinski definition) is 2. The lowest BCUT2D eigenvalue weighted by Crippen LogP contribution is -2.42. The van der Waals surface area contributed by atoms with Crippen LogP contribution in [0, 0.1) is 0 Å². The van der Waals surface area contributed by atoms with Crippen LogP contribution in [0.1, 0.15) is 12.8 Å². The molecule has 1 unspecified atom stereocenters. The minimum absolute atomic E-state index is 0.0573. The summed E-state index contributed by atoms with van der Waals surface area (Å²) in [5.74, 6) is -0.622. The van der Waals surface area contributed by atoms with Crippen LogP contribution in [-0.4, -0.2) is 42.0 Å². The fraction of sp³-hybridized carbons (Fsp3) is 0.417. The highest BCUT2D eigenvalue weighted by atomic mass is 32.2. The van der Waals surface area contributed by atoms with Crippen molar-refractivity contribution in [3.63, 3.8) is 0 Å². The van der Waals surface area contributed by atoms with E-state index in [1.165, 1.54) is 22.5 Å². The van der Waals surface area contributed by atoms with Crippen molar-refractivity contribution < 1.29 is 17.9 Å². The predicted molar refractivity (Wildman–Crippen MR) is 70.8 cm³/mol. The third-order valence-electron chi connectivity index (χ3n) is 3.39. The van der Waals surface area contributed by atoms with E-state index in [1.807, 2.05) is 0 Å². The Morgan fingerprint density at radius 3 is 2.95 bits per heavy atom. The van der Waals surface area contributed by atoms with Gasteiger partial charge in [-0.2, -0.15) is 4.31 Å². The molecule has 1 fully saturated rings. The van der Waals surface area contributed by atoms with E-state index in [4.69, 9.17) is 4.42 Å². The molecule has 1 aliphatic heterocycles. The summed E-state index contributed by atoms with van der Waals surface area (Å²) in [6.07, 6.45) is 0.604. The zero-order chi connectivity index (χ0) is 14.3. The van der Waals surface area contributed by atoms with Crippen LogP contribution >= 0.6 is 0 Å². The van der Waals surface area contributed by atoms with Crippen molar-refractivity contribution in [2.75, 3.05) is 13.1 Å². The van der Waals surface area contributed by atoms with Crippen molar-refractivity contribution in [3.05, 3.63) is 28.7 Å². The van der Waals surface area contributed by atoms with Gasteiger partial charge in [0.15, 0.2) is 5.58 Å². The van der Waals surface area contributed by atoms with Crippen LogP contribution in [0.4, 0.5) is 0 Å². The van der Waals surface area contributed by atoms with Crippen LogP contribution in [0.5, 0.6) is 0 Å². The number of sulfonamides is 1. The number of hydrogen-bond acceptors (Lipinski definition) is 5. The number of β-amino-alcohol motifs (C(OH)–C–C–N with tert-alkyl or cyclic N) is 1. The highest BCUT2D eigenvalue weighted by molar-refractivity contribution is 7.89. The molecule has 20 heavy (non-hydrogen) atoms. The Morgan fingerprint density at radius 1 is 1.40 bits per heavy atom. The first-order valence-electron chi connectivity index (χ1n) is 6.28.